The van der Waals surface area contributed by atoms with Gasteiger partial charge in [0.2, 0.25) is 0 Å². The predicted molar refractivity (Wildman–Crippen MR) is 86.7 cm³/mol. The molecule has 0 radical (unpaired) electrons. The number of anilines is 1. The van der Waals surface area contributed by atoms with E-state index in [0.717, 1.165) is 37.8 Å². The Morgan fingerprint density at radius 3 is 2.48 bits per heavy atom. The van der Waals surface area contributed by atoms with Crippen molar-refractivity contribution < 1.29 is 21.6 Å². The first kappa shape index (κ1) is 17.8. The molecule has 0 saturated heterocycles. The molecule has 0 spiro atoms. The van der Waals surface area contributed by atoms with E-state index >= 15 is 0 Å². The molecule has 25 heavy (non-hydrogen) atoms. The summed E-state index contributed by atoms with van der Waals surface area (Å²) in [6, 6.07) is 4.64. The fourth-order valence-electron chi connectivity index (χ4n) is 3.10. The SMILES string of the molecule is Cc1nn(C2CCCC2)cc1S(=O)(=O)Nc1ccccc1C(F)(F)F. The van der Waals surface area contributed by atoms with Crippen LogP contribution in [0.2, 0.25) is 0 Å². The zero-order valence-corrected chi connectivity index (χ0v) is 14.4. The quantitative estimate of drug-likeness (QED) is 0.877. The number of aryl methyl sites for hydroxylation is 1. The molecule has 5 nitrogen and oxygen atoms in total. The second-order valence-electron chi connectivity index (χ2n) is 6.15. The zero-order valence-electron chi connectivity index (χ0n) is 13.5. The van der Waals surface area contributed by atoms with Crippen molar-refractivity contribution in [3.63, 3.8) is 0 Å². The third kappa shape index (κ3) is 3.65. The normalized spacial score (nSPS) is 16.3. The molecule has 0 unspecified atom stereocenters. The van der Waals surface area contributed by atoms with Crippen LogP contribution in [0.15, 0.2) is 35.4 Å². The number of nitrogens with zero attached hydrogens (tertiary/aromatic N) is 2. The van der Waals surface area contributed by atoms with Crippen LogP contribution in [0.25, 0.3) is 0 Å². The topological polar surface area (TPSA) is 64.0 Å². The Kier molecular flexibility index (Phi) is 4.52. The summed E-state index contributed by atoms with van der Waals surface area (Å²) >= 11 is 0. The third-order valence-electron chi connectivity index (χ3n) is 4.34. The van der Waals surface area contributed by atoms with Gasteiger partial charge in [-0.25, -0.2) is 8.42 Å². The first-order chi connectivity index (χ1) is 11.7. The van der Waals surface area contributed by atoms with Crippen LogP contribution in [0.3, 0.4) is 0 Å². The number of aromatic nitrogens is 2. The highest BCUT2D eigenvalue weighted by Gasteiger charge is 2.35. The van der Waals surface area contributed by atoms with E-state index in [4.69, 9.17) is 0 Å². The van der Waals surface area contributed by atoms with Gasteiger partial charge in [0.25, 0.3) is 10.0 Å². The van der Waals surface area contributed by atoms with Crippen LogP contribution in [-0.4, -0.2) is 18.2 Å². The Hall–Kier alpha value is -2.03. The summed E-state index contributed by atoms with van der Waals surface area (Å²) < 4.78 is 68.1. The van der Waals surface area contributed by atoms with E-state index in [-0.39, 0.29) is 16.6 Å². The van der Waals surface area contributed by atoms with Crippen molar-refractivity contribution in [1.29, 1.82) is 0 Å². The van der Waals surface area contributed by atoms with Crippen LogP contribution >= 0.6 is 0 Å². The summed E-state index contributed by atoms with van der Waals surface area (Å²) in [6.45, 7) is 1.54. The fourth-order valence-corrected chi connectivity index (χ4v) is 4.36. The molecule has 1 saturated carbocycles. The molecule has 1 heterocycles. The van der Waals surface area contributed by atoms with Gasteiger partial charge in [0.05, 0.1) is 23.0 Å². The number of rotatable bonds is 4. The molecule has 0 amide bonds. The van der Waals surface area contributed by atoms with Gasteiger partial charge in [-0.1, -0.05) is 25.0 Å². The molecule has 0 aliphatic heterocycles. The largest absolute Gasteiger partial charge is 0.418 e. The lowest BCUT2D eigenvalue weighted by molar-refractivity contribution is -0.136. The Morgan fingerprint density at radius 2 is 1.84 bits per heavy atom. The third-order valence-corrected chi connectivity index (χ3v) is 5.81. The maximum atomic E-state index is 13.1. The average molecular weight is 373 g/mol. The van der Waals surface area contributed by atoms with E-state index in [1.807, 2.05) is 0 Å². The number of hydrogen-bond donors (Lipinski definition) is 1. The first-order valence-corrected chi connectivity index (χ1v) is 9.41. The van der Waals surface area contributed by atoms with Crippen LogP contribution in [0.1, 0.15) is 43.0 Å². The van der Waals surface area contributed by atoms with Crippen molar-refractivity contribution in [2.45, 2.75) is 49.7 Å². The lowest BCUT2D eigenvalue weighted by Gasteiger charge is -2.14. The second-order valence-corrected chi connectivity index (χ2v) is 7.80. The van der Waals surface area contributed by atoms with Gasteiger partial charge < -0.3 is 0 Å². The van der Waals surface area contributed by atoms with Gasteiger partial charge in [0.15, 0.2) is 0 Å². The number of para-hydroxylation sites is 1. The average Bonchev–Trinajstić information content (AvgIpc) is 3.15. The number of benzene rings is 1. The van der Waals surface area contributed by atoms with Crippen LogP contribution in [0.4, 0.5) is 18.9 Å². The lowest BCUT2D eigenvalue weighted by atomic mass is 10.2. The zero-order chi connectivity index (χ0) is 18.2. The molecule has 0 bridgehead atoms. The molecule has 1 aromatic heterocycles. The van der Waals surface area contributed by atoms with E-state index in [1.54, 1.807) is 4.68 Å². The summed E-state index contributed by atoms with van der Waals surface area (Å²) in [7, 11) is -4.17. The van der Waals surface area contributed by atoms with Crippen molar-refractivity contribution in [1.82, 2.24) is 9.78 Å². The number of alkyl halides is 3. The van der Waals surface area contributed by atoms with Gasteiger partial charge in [-0.2, -0.15) is 18.3 Å². The minimum atomic E-state index is -4.65. The Bertz CT molecular complexity index is 869. The number of hydrogen-bond acceptors (Lipinski definition) is 3. The lowest BCUT2D eigenvalue weighted by Crippen LogP contribution is -2.17. The van der Waals surface area contributed by atoms with E-state index in [1.165, 1.54) is 25.3 Å². The maximum Gasteiger partial charge on any atom is 0.418 e. The van der Waals surface area contributed by atoms with Crippen LogP contribution < -0.4 is 4.72 Å². The summed E-state index contributed by atoms with van der Waals surface area (Å²) in [5, 5.41) is 4.25. The molecule has 3 rings (SSSR count). The standard InChI is InChI=1S/C16H18F3N3O2S/c1-11-15(10-22(20-11)12-6-2-3-7-12)25(23,24)21-14-9-5-4-8-13(14)16(17,18)19/h4-5,8-10,12,21H,2-3,6-7H2,1H3. The summed E-state index contributed by atoms with van der Waals surface area (Å²) in [5.41, 5.74) is -1.26. The van der Waals surface area contributed by atoms with E-state index < -0.39 is 27.5 Å². The predicted octanol–water partition coefficient (Wildman–Crippen LogP) is 4.13. The molecule has 1 fully saturated rings. The molecule has 1 aliphatic rings. The highest BCUT2D eigenvalue weighted by Crippen LogP contribution is 2.36. The van der Waals surface area contributed by atoms with Crippen LogP contribution in [-0.2, 0) is 16.2 Å². The molecule has 2 aromatic rings. The Labute approximate surface area is 143 Å². The van der Waals surface area contributed by atoms with Crippen molar-refractivity contribution >= 4 is 15.7 Å². The molecule has 136 valence electrons. The van der Waals surface area contributed by atoms with Crippen molar-refractivity contribution in [2.75, 3.05) is 4.72 Å². The van der Waals surface area contributed by atoms with E-state index in [9.17, 15) is 21.6 Å². The van der Waals surface area contributed by atoms with Gasteiger partial charge in [-0.3, -0.25) is 9.40 Å². The molecule has 1 aromatic carbocycles. The number of halogens is 3. The maximum absolute atomic E-state index is 13.1. The minimum Gasteiger partial charge on any atom is -0.279 e. The molecular formula is C16H18F3N3O2S. The van der Waals surface area contributed by atoms with Crippen molar-refractivity contribution in [3.05, 3.63) is 41.7 Å². The number of nitrogens with one attached hydrogen (secondary N) is 1. The monoisotopic (exact) mass is 373 g/mol. The van der Waals surface area contributed by atoms with Gasteiger partial charge in [-0.15, -0.1) is 0 Å². The van der Waals surface area contributed by atoms with Gasteiger partial charge in [-0.05, 0) is 31.9 Å². The van der Waals surface area contributed by atoms with Crippen molar-refractivity contribution in [3.8, 4) is 0 Å². The molecule has 9 heteroatoms. The minimum absolute atomic E-state index is 0.101. The van der Waals surface area contributed by atoms with Crippen molar-refractivity contribution in [2.24, 2.45) is 0 Å². The molecule has 0 atom stereocenters. The van der Waals surface area contributed by atoms with Crippen LogP contribution in [0, 0.1) is 6.92 Å². The fraction of sp³-hybridized carbons (Fsp3) is 0.438. The second kappa shape index (κ2) is 6.36. The summed E-state index contributed by atoms with van der Waals surface area (Å²) in [4.78, 5) is -0.101. The first-order valence-electron chi connectivity index (χ1n) is 7.93. The smallest absolute Gasteiger partial charge is 0.279 e. The summed E-state index contributed by atoms with van der Waals surface area (Å²) in [6.07, 6.45) is 0.716. The Balaban J connectivity index is 1.93. The van der Waals surface area contributed by atoms with Crippen LogP contribution in [0.5, 0.6) is 0 Å². The number of sulfonamides is 1. The molecular weight excluding hydrogens is 355 g/mol. The highest BCUT2D eigenvalue weighted by molar-refractivity contribution is 7.92. The van der Waals surface area contributed by atoms with Gasteiger partial charge >= 0.3 is 6.18 Å². The van der Waals surface area contributed by atoms with Gasteiger partial charge in [0, 0.05) is 6.20 Å². The van der Waals surface area contributed by atoms with Gasteiger partial charge in [0.1, 0.15) is 4.90 Å². The van der Waals surface area contributed by atoms with E-state index in [2.05, 4.69) is 9.82 Å². The summed E-state index contributed by atoms with van der Waals surface area (Å²) in [5.74, 6) is 0. The van der Waals surface area contributed by atoms with E-state index in [0.29, 0.717) is 0 Å². The Morgan fingerprint density at radius 1 is 1.20 bits per heavy atom. The molecule has 1 aliphatic carbocycles. The molecule has 1 N–H and O–H groups in total. The highest BCUT2D eigenvalue weighted by atomic mass is 32.2.